The zero-order valence-corrected chi connectivity index (χ0v) is 16.5. The smallest absolute Gasteiger partial charge is 0.244 e. The lowest BCUT2D eigenvalue weighted by Crippen LogP contribution is -2.36. The minimum absolute atomic E-state index is 0.00917. The minimum Gasteiger partial charge on any atom is -0.497 e. The molecule has 0 aliphatic carbocycles. The highest BCUT2D eigenvalue weighted by molar-refractivity contribution is 5.94. The highest BCUT2D eigenvalue weighted by Gasteiger charge is 2.15. The first-order valence-electron chi connectivity index (χ1n) is 9.58. The molecule has 1 heterocycles. The third-order valence-electron chi connectivity index (χ3n) is 4.93. The van der Waals surface area contributed by atoms with Crippen LogP contribution in [0.5, 0.6) is 5.75 Å². The van der Waals surface area contributed by atoms with E-state index in [1.807, 2.05) is 48.5 Å². The zero-order chi connectivity index (χ0) is 19.9. The summed E-state index contributed by atoms with van der Waals surface area (Å²) in [5.74, 6) is 0.404. The van der Waals surface area contributed by atoms with E-state index < -0.39 is 0 Å². The van der Waals surface area contributed by atoms with Crippen LogP contribution in [0.2, 0.25) is 0 Å². The maximum absolute atomic E-state index is 12.4. The summed E-state index contributed by atoms with van der Waals surface area (Å²) in [6, 6.07) is 15.3. The fourth-order valence-corrected chi connectivity index (χ4v) is 3.33. The third-order valence-corrected chi connectivity index (χ3v) is 4.93. The molecule has 1 aliphatic rings. The summed E-state index contributed by atoms with van der Waals surface area (Å²) < 4.78 is 5.15. The lowest BCUT2D eigenvalue weighted by atomic mass is 10.2. The van der Waals surface area contributed by atoms with Gasteiger partial charge in [-0.2, -0.15) is 0 Å². The predicted molar refractivity (Wildman–Crippen MR) is 111 cm³/mol. The number of amides is 2. The Morgan fingerprint density at radius 3 is 2.25 bits per heavy atom. The van der Waals surface area contributed by atoms with Crippen molar-refractivity contribution in [2.45, 2.75) is 26.3 Å². The van der Waals surface area contributed by atoms with Crippen molar-refractivity contribution in [2.24, 2.45) is 0 Å². The fourth-order valence-electron chi connectivity index (χ4n) is 3.33. The van der Waals surface area contributed by atoms with Crippen molar-refractivity contribution >= 4 is 23.2 Å². The molecule has 3 rings (SSSR count). The van der Waals surface area contributed by atoms with Crippen LogP contribution in [-0.4, -0.2) is 43.5 Å². The van der Waals surface area contributed by atoms with Gasteiger partial charge in [0.1, 0.15) is 12.3 Å². The van der Waals surface area contributed by atoms with E-state index in [1.54, 1.807) is 7.11 Å². The maximum atomic E-state index is 12.4. The lowest BCUT2D eigenvalue weighted by molar-refractivity contribution is -0.133. The molecule has 1 saturated heterocycles. The molecule has 1 aliphatic heterocycles. The molecule has 0 saturated carbocycles. The number of carbonyl (C=O) groups excluding carboxylic acids is 2. The zero-order valence-electron chi connectivity index (χ0n) is 16.5. The summed E-state index contributed by atoms with van der Waals surface area (Å²) in [6.45, 7) is 4.03. The van der Waals surface area contributed by atoms with Gasteiger partial charge in [-0.3, -0.25) is 9.59 Å². The molecule has 6 heteroatoms. The van der Waals surface area contributed by atoms with E-state index in [9.17, 15) is 9.59 Å². The number of anilines is 2. The quantitative estimate of drug-likeness (QED) is 0.800. The van der Waals surface area contributed by atoms with Gasteiger partial charge in [-0.1, -0.05) is 12.1 Å². The first kappa shape index (κ1) is 19.7. The lowest BCUT2D eigenvalue weighted by Gasteiger charge is -2.21. The molecule has 0 unspecified atom stereocenters. The van der Waals surface area contributed by atoms with Gasteiger partial charge in [-0.25, -0.2) is 0 Å². The summed E-state index contributed by atoms with van der Waals surface area (Å²) >= 11 is 0. The summed E-state index contributed by atoms with van der Waals surface area (Å²) in [5.41, 5.74) is 2.86. The number of rotatable bonds is 7. The normalized spacial score (nSPS) is 13.3. The van der Waals surface area contributed by atoms with Gasteiger partial charge in [0.25, 0.3) is 0 Å². The van der Waals surface area contributed by atoms with Crippen LogP contribution >= 0.6 is 0 Å². The first-order chi connectivity index (χ1) is 13.5. The van der Waals surface area contributed by atoms with Gasteiger partial charge in [-0.15, -0.1) is 0 Å². The Morgan fingerprint density at radius 2 is 1.68 bits per heavy atom. The molecule has 2 aromatic carbocycles. The summed E-state index contributed by atoms with van der Waals surface area (Å²) in [5, 5.41) is 2.88. The highest BCUT2D eigenvalue weighted by Crippen LogP contribution is 2.22. The number of nitrogens with one attached hydrogen (secondary N) is 1. The van der Waals surface area contributed by atoms with E-state index in [-0.39, 0.29) is 18.4 Å². The SMILES string of the molecule is COc1ccc(CN(CC(=O)Nc2ccc(N3CCCC3)cc2)C(C)=O)cc1. The second-order valence-corrected chi connectivity index (χ2v) is 7.01. The molecule has 1 fully saturated rings. The Morgan fingerprint density at radius 1 is 1.04 bits per heavy atom. The molecular weight excluding hydrogens is 354 g/mol. The topological polar surface area (TPSA) is 61.9 Å². The molecule has 2 amide bonds. The number of methoxy groups -OCH3 is 1. The number of benzene rings is 2. The van der Waals surface area contributed by atoms with Crippen LogP contribution < -0.4 is 15.0 Å². The van der Waals surface area contributed by atoms with Crippen molar-refractivity contribution < 1.29 is 14.3 Å². The highest BCUT2D eigenvalue weighted by atomic mass is 16.5. The summed E-state index contributed by atoms with van der Waals surface area (Å²) in [4.78, 5) is 28.3. The van der Waals surface area contributed by atoms with Crippen LogP contribution in [0, 0.1) is 0 Å². The first-order valence-corrected chi connectivity index (χ1v) is 9.58. The number of carbonyl (C=O) groups is 2. The molecular formula is C22H27N3O3. The van der Waals surface area contributed by atoms with Gasteiger partial charge in [0.2, 0.25) is 11.8 Å². The Hall–Kier alpha value is -3.02. The molecule has 2 aromatic rings. The van der Waals surface area contributed by atoms with E-state index in [0.717, 1.165) is 30.1 Å². The van der Waals surface area contributed by atoms with Crippen molar-refractivity contribution in [1.29, 1.82) is 0 Å². The second kappa shape index (κ2) is 9.26. The van der Waals surface area contributed by atoms with Crippen molar-refractivity contribution in [3.63, 3.8) is 0 Å². The number of nitrogens with zero attached hydrogens (tertiary/aromatic N) is 2. The van der Waals surface area contributed by atoms with E-state index in [1.165, 1.54) is 30.4 Å². The van der Waals surface area contributed by atoms with E-state index in [2.05, 4.69) is 10.2 Å². The molecule has 0 aromatic heterocycles. The standard InChI is InChI=1S/C22H27N3O3/c1-17(26)25(15-18-5-11-21(28-2)12-6-18)16-22(27)23-19-7-9-20(10-8-19)24-13-3-4-14-24/h5-12H,3-4,13-16H2,1-2H3,(H,23,27). The molecule has 0 radical (unpaired) electrons. The van der Waals surface area contributed by atoms with Gasteiger partial charge in [0.05, 0.1) is 7.11 Å². The number of hydrogen-bond acceptors (Lipinski definition) is 4. The van der Waals surface area contributed by atoms with Crippen LogP contribution in [-0.2, 0) is 16.1 Å². The molecule has 148 valence electrons. The second-order valence-electron chi connectivity index (χ2n) is 7.01. The monoisotopic (exact) mass is 381 g/mol. The Labute approximate surface area is 166 Å². The van der Waals surface area contributed by atoms with E-state index in [0.29, 0.717) is 6.54 Å². The minimum atomic E-state index is -0.211. The molecule has 0 atom stereocenters. The van der Waals surface area contributed by atoms with Crippen LogP contribution in [0.4, 0.5) is 11.4 Å². The Bertz CT molecular complexity index is 797. The van der Waals surface area contributed by atoms with Crippen molar-refractivity contribution in [2.75, 3.05) is 37.0 Å². The maximum Gasteiger partial charge on any atom is 0.244 e. The van der Waals surface area contributed by atoms with Crippen LogP contribution in [0.1, 0.15) is 25.3 Å². The summed E-state index contributed by atoms with van der Waals surface area (Å²) in [6.07, 6.45) is 2.46. The van der Waals surface area contributed by atoms with Crippen molar-refractivity contribution in [3.05, 3.63) is 54.1 Å². The molecule has 0 spiro atoms. The van der Waals surface area contributed by atoms with E-state index >= 15 is 0 Å². The average molecular weight is 381 g/mol. The Kier molecular flexibility index (Phi) is 6.53. The summed E-state index contributed by atoms with van der Waals surface area (Å²) in [7, 11) is 1.61. The number of hydrogen-bond donors (Lipinski definition) is 1. The van der Waals surface area contributed by atoms with Gasteiger partial charge >= 0.3 is 0 Å². The van der Waals surface area contributed by atoms with Crippen molar-refractivity contribution in [1.82, 2.24) is 4.90 Å². The average Bonchev–Trinajstić information content (AvgIpc) is 3.23. The molecule has 6 nitrogen and oxygen atoms in total. The van der Waals surface area contributed by atoms with Crippen molar-refractivity contribution in [3.8, 4) is 5.75 Å². The third kappa shape index (κ3) is 5.25. The molecule has 0 bridgehead atoms. The number of ether oxygens (including phenoxy) is 1. The van der Waals surface area contributed by atoms with Gasteiger partial charge in [-0.05, 0) is 54.8 Å². The van der Waals surface area contributed by atoms with Crippen LogP contribution in [0.15, 0.2) is 48.5 Å². The predicted octanol–water partition coefficient (Wildman–Crippen LogP) is 3.28. The van der Waals surface area contributed by atoms with Gasteiger partial charge < -0.3 is 19.9 Å². The fraction of sp³-hybridized carbons (Fsp3) is 0.364. The van der Waals surface area contributed by atoms with E-state index in [4.69, 9.17) is 4.74 Å². The van der Waals surface area contributed by atoms with Crippen LogP contribution in [0.3, 0.4) is 0 Å². The molecule has 1 N–H and O–H groups in total. The Balaban J connectivity index is 1.56. The van der Waals surface area contributed by atoms with Crippen LogP contribution in [0.25, 0.3) is 0 Å². The molecule has 28 heavy (non-hydrogen) atoms. The van der Waals surface area contributed by atoms with Gasteiger partial charge in [0, 0.05) is 37.9 Å². The largest absolute Gasteiger partial charge is 0.497 e. The van der Waals surface area contributed by atoms with Gasteiger partial charge in [0.15, 0.2) is 0 Å².